The fourth-order valence-electron chi connectivity index (χ4n) is 1.81. The molecular formula is C15H32O4. The first-order chi connectivity index (χ1) is 9.15. The lowest BCUT2D eigenvalue weighted by Gasteiger charge is -2.01. The SMILES string of the molecule is CC(=O)O.OCCCCCCCCCCCCCO. The first kappa shape index (κ1) is 20.7. The molecule has 0 aromatic carbocycles. The number of aliphatic carboxylic acids is 1. The lowest BCUT2D eigenvalue weighted by atomic mass is 10.1. The number of carboxylic acids is 1. The van der Waals surface area contributed by atoms with Gasteiger partial charge in [-0.15, -0.1) is 0 Å². The summed E-state index contributed by atoms with van der Waals surface area (Å²) in [5.74, 6) is -0.833. The van der Waals surface area contributed by atoms with Crippen LogP contribution in [0.25, 0.3) is 0 Å². The predicted molar refractivity (Wildman–Crippen MR) is 78.3 cm³/mol. The minimum absolute atomic E-state index is 0.352. The molecule has 3 N–H and O–H groups in total. The number of hydrogen-bond acceptors (Lipinski definition) is 3. The Morgan fingerprint density at radius 3 is 0.947 bits per heavy atom. The second-order valence-electron chi connectivity index (χ2n) is 4.86. The van der Waals surface area contributed by atoms with E-state index in [1.54, 1.807) is 0 Å². The van der Waals surface area contributed by atoms with Crippen molar-refractivity contribution in [1.82, 2.24) is 0 Å². The molecule has 0 aliphatic heterocycles. The monoisotopic (exact) mass is 276 g/mol. The number of unbranched alkanes of at least 4 members (excludes halogenated alkanes) is 10. The first-order valence-corrected chi connectivity index (χ1v) is 7.56. The Bertz CT molecular complexity index is 156. The largest absolute Gasteiger partial charge is 0.481 e. The van der Waals surface area contributed by atoms with Crippen molar-refractivity contribution in [3.05, 3.63) is 0 Å². The van der Waals surface area contributed by atoms with Crippen molar-refractivity contribution in [2.75, 3.05) is 13.2 Å². The van der Waals surface area contributed by atoms with Crippen LogP contribution in [-0.4, -0.2) is 34.5 Å². The highest BCUT2D eigenvalue weighted by Gasteiger charge is 1.92. The summed E-state index contributed by atoms with van der Waals surface area (Å²) in [6, 6.07) is 0. The van der Waals surface area contributed by atoms with Gasteiger partial charge in [0, 0.05) is 20.1 Å². The Kier molecular flexibility index (Phi) is 21.5. The minimum Gasteiger partial charge on any atom is -0.481 e. The molecule has 0 bridgehead atoms. The van der Waals surface area contributed by atoms with Crippen LogP contribution in [0.4, 0.5) is 0 Å². The molecule has 4 heteroatoms. The molecule has 0 heterocycles. The van der Waals surface area contributed by atoms with E-state index < -0.39 is 5.97 Å². The van der Waals surface area contributed by atoms with Gasteiger partial charge in [0.05, 0.1) is 0 Å². The zero-order valence-electron chi connectivity index (χ0n) is 12.4. The van der Waals surface area contributed by atoms with Gasteiger partial charge in [0.15, 0.2) is 0 Å². The topological polar surface area (TPSA) is 77.8 Å². The van der Waals surface area contributed by atoms with Crippen LogP contribution >= 0.6 is 0 Å². The van der Waals surface area contributed by atoms with Gasteiger partial charge in [-0.05, 0) is 12.8 Å². The summed E-state index contributed by atoms with van der Waals surface area (Å²) < 4.78 is 0. The molecule has 0 aromatic rings. The number of aliphatic hydroxyl groups excluding tert-OH is 2. The fraction of sp³-hybridized carbons (Fsp3) is 0.933. The van der Waals surface area contributed by atoms with Crippen molar-refractivity contribution < 1.29 is 20.1 Å². The molecule has 0 atom stereocenters. The van der Waals surface area contributed by atoms with Crippen molar-refractivity contribution in [2.24, 2.45) is 0 Å². The standard InChI is InChI=1S/C13H28O2.C2H4O2/c14-12-10-8-6-4-2-1-3-5-7-9-11-13-15;1-2(3)4/h14-15H,1-13H2;1H3,(H,3,4). The van der Waals surface area contributed by atoms with E-state index in [-0.39, 0.29) is 0 Å². The van der Waals surface area contributed by atoms with Gasteiger partial charge >= 0.3 is 0 Å². The van der Waals surface area contributed by atoms with Crippen molar-refractivity contribution in [3.8, 4) is 0 Å². The van der Waals surface area contributed by atoms with E-state index in [4.69, 9.17) is 20.1 Å². The molecule has 0 saturated heterocycles. The van der Waals surface area contributed by atoms with Crippen molar-refractivity contribution in [3.63, 3.8) is 0 Å². The normalized spacial score (nSPS) is 9.84. The quantitative estimate of drug-likeness (QED) is 0.478. The Balaban J connectivity index is 0. The maximum atomic E-state index is 9.00. The fourth-order valence-corrected chi connectivity index (χ4v) is 1.81. The van der Waals surface area contributed by atoms with Gasteiger partial charge in [-0.2, -0.15) is 0 Å². The van der Waals surface area contributed by atoms with Crippen LogP contribution in [-0.2, 0) is 4.79 Å². The molecule has 0 aromatic heterocycles. The Labute approximate surface area is 117 Å². The summed E-state index contributed by atoms with van der Waals surface area (Å²) in [5, 5.41) is 24.6. The zero-order chi connectivity index (χ0) is 14.8. The van der Waals surface area contributed by atoms with E-state index in [1.807, 2.05) is 0 Å². The van der Waals surface area contributed by atoms with Gasteiger partial charge in [-0.3, -0.25) is 4.79 Å². The average molecular weight is 276 g/mol. The molecule has 0 spiro atoms. The molecular weight excluding hydrogens is 244 g/mol. The van der Waals surface area contributed by atoms with Crippen LogP contribution in [0.3, 0.4) is 0 Å². The van der Waals surface area contributed by atoms with E-state index in [2.05, 4.69) is 0 Å². The Hall–Kier alpha value is -0.610. The summed E-state index contributed by atoms with van der Waals surface area (Å²) >= 11 is 0. The van der Waals surface area contributed by atoms with Crippen LogP contribution in [0.2, 0.25) is 0 Å². The molecule has 0 rings (SSSR count). The second kappa shape index (κ2) is 19.7. The van der Waals surface area contributed by atoms with Crippen molar-refractivity contribution >= 4 is 5.97 Å². The van der Waals surface area contributed by atoms with Gasteiger partial charge in [0.2, 0.25) is 0 Å². The Morgan fingerprint density at radius 2 is 0.789 bits per heavy atom. The number of hydrogen-bond donors (Lipinski definition) is 3. The molecule has 0 fully saturated rings. The molecule has 0 saturated carbocycles. The highest BCUT2D eigenvalue weighted by atomic mass is 16.4. The zero-order valence-corrected chi connectivity index (χ0v) is 12.4. The first-order valence-electron chi connectivity index (χ1n) is 7.56. The summed E-state index contributed by atoms with van der Waals surface area (Å²) in [4.78, 5) is 9.00. The lowest BCUT2D eigenvalue weighted by molar-refractivity contribution is -0.134. The summed E-state index contributed by atoms with van der Waals surface area (Å²) in [5.41, 5.74) is 0. The maximum Gasteiger partial charge on any atom is 0.300 e. The molecule has 19 heavy (non-hydrogen) atoms. The third kappa shape index (κ3) is 31.7. The molecule has 4 nitrogen and oxygen atoms in total. The van der Waals surface area contributed by atoms with Crippen molar-refractivity contribution in [2.45, 2.75) is 77.6 Å². The smallest absolute Gasteiger partial charge is 0.300 e. The molecule has 0 unspecified atom stereocenters. The average Bonchev–Trinajstić information content (AvgIpc) is 2.35. The van der Waals surface area contributed by atoms with Gasteiger partial charge < -0.3 is 15.3 Å². The van der Waals surface area contributed by atoms with E-state index in [0.717, 1.165) is 19.8 Å². The summed E-state index contributed by atoms with van der Waals surface area (Å²) in [7, 11) is 0. The molecule has 0 amide bonds. The number of aliphatic hydroxyl groups is 2. The molecule has 0 aliphatic carbocycles. The van der Waals surface area contributed by atoms with Crippen LogP contribution in [0.15, 0.2) is 0 Å². The number of rotatable bonds is 12. The highest BCUT2D eigenvalue weighted by molar-refractivity contribution is 5.62. The molecule has 0 radical (unpaired) electrons. The third-order valence-electron chi connectivity index (χ3n) is 2.82. The van der Waals surface area contributed by atoms with Gasteiger partial charge in [-0.25, -0.2) is 0 Å². The van der Waals surface area contributed by atoms with E-state index in [9.17, 15) is 0 Å². The molecule has 116 valence electrons. The van der Waals surface area contributed by atoms with Crippen LogP contribution < -0.4 is 0 Å². The second-order valence-corrected chi connectivity index (χ2v) is 4.86. The number of carbonyl (C=O) groups is 1. The van der Waals surface area contributed by atoms with Crippen LogP contribution in [0, 0.1) is 0 Å². The van der Waals surface area contributed by atoms with E-state index in [1.165, 1.54) is 57.8 Å². The summed E-state index contributed by atoms with van der Waals surface area (Å²) in [6.07, 6.45) is 13.6. The third-order valence-corrected chi connectivity index (χ3v) is 2.82. The Morgan fingerprint density at radius 1 is 0.632 bits per heavy atom. The minimum atomic E-state index is -0.833. The highest BCUT2D eigenvalue weighted by Crippen LogP contribution is 2.10. The van der Waals surface area contributed by atoms with Gasteiger partial charge in [0.25, 0.3) is 5.97 Å². The number of carboxylic acid groups (broad SMARTS) is 1. The van der Waals surface area contributed by atoms with Gasteiger partial charge in [0.1, 0.15) is 0 Å². The lowest BCUT2D eigenvalue weighted by Crippen LogP contribution is -1.85. The predicted octanol–water partition coefficient (Wildman–Crippen LogP) is 3.35. The van der Waals surface area contributed by atoms with E-state index >= 15 is 0 Å². The molecule has 0 aliphatic rings. The van der Waals surface area contributed by atoms with Gasteiger partial charge in [-0.1, -0.05) is 57.8 Å². The van der Waals surface area contributed by atoms with Crippen LogP contribution in [0.5, 0.6) is 0 Å². The summed E-state index contributed by atoms with van der Waals surface area (Å²) in [6.45, 7) is 1.79. The van der Waals surface area contributed by atoms with Crippen molar-refractivity contribution in [1.29, 1.82) is 0 Å². The van der Waals surface area contributed by atoms with Crippen LogP contribution in [0.1, 0.15) is 77.6 Å². The van der Waals surface area contributed by atoms with E-state index in [0.29, 0.717) is 13.2 Å². The maximum absolute atomic E-state index is 9.00.